The van der Waals surface area contributed by atoms with Gasteiger partial charge in [0.1, 0.15) is 6.61 Å². The van der Waals surface area contributed by atoms with Crippen molar-refractivity contribution >= 4 is 6.09 Å². The molecule has 1 aromatic carbocycles. The molecule has 2 aliphatic heterocycles. The van der Waals surface area contributed by atoms with E-state index in [9.17, 15) is 4.79 Å². The third-order valence-corrected chi connectivity index (χ3v) is 5.73. The number of carbonyl (C=O) groups excluding carboxylic acids is 1. The lowest BCUT2D eigenvalue weighted by molar-refractivity contribution is 0.0479. The molecule has 142 valence electrons. The summed E-state index contributed by atoms with van der Waals surface area (Å²) in [4.78, 5) is 14.7. The fourth-order valence-electron chi connectivity index (χ4n) is 4.34. The summed E-state index contributed by atoms with van der Waals surface area (Å²) in [5, 5.41) is 0. The Bertz CT molecular complexity index is 595. The summed E-state index contributed by atoms with van der Waals surface area (Å²) < 4.78 is 5.62. The lowest BCUT2D eigenvalue weighted by atomic mass is 9.84. The van der Waals surface area contributed by atoms with E-state index in [2.05, 4.69) is 13.0 Å². The zero-order chi connectivity index (χ0) is 18.2. The number of fused-ring (bicyclic) bond motifs is 2. The van der Waals surface area contributed by atoms with Crippen LogP contribution in [0.3, 0.4) is 0 Å². The van der Waals surface area contributed by atoms with E-state index in [0.717, 1.165) is 24.8 Å². The summed E-state index contributed by atoms with van der Waals surface area (Å²) in [7, 11) is 0. The van der Waals surface area contributed by atoms with Crippen LogP contribution in [-0.2, 0) is 11.3 Å². The van der Waals surface area contributed by atoms with Crippen LogP contribution in [0.2, 0.25) is 0 Å². The number of ether oxygens (including phenoxy) is 1. The molecule has 3 nitrogen and oxygen atoms in total. The van der Waals surface area contributed by atoms with Crippen LogP contribution in [0.25, 0.3) is 0 Å². The van der Waals surface area contributed by atoms with Crippen molar-refractivity contribution in [3.63, 3.8) is 0 Å². The lowest BCUT2D eigenvalue weighted by Crippen LogP contribution is -2.51. The van der Waals surface area contributed by atoms with E-state index in [0.29, 0.717) is 12.6 Å². The van der Waals surface area contributed by atoms with Gasteiger partial charge in [-0.3, -0.25) is 4.90 Å². The second-order valence-corrected chi connectivity index (χ2v) is 7.79. The van der Waals surface area contributed by atoms with Gasteiger partial charge in [0, 0.05) is 6.04 Å². The van der Waals surface area contributed by atoms with Crippen LogP contribution < -0.4 is 0 Å². The Morgan fingerprint density at radius 2 is 1.92 bits per heavy atom. The second kappa shape index (κ2) is 9.80. The molecule has 2 atom stereocenters. The zero-order valence-corrected chi connectivity index (χ0v) is 16.2. The Morgan fingerprint density at radius 3 is 2.69 bits per heavy atom. The molecule has 3 rings (SSSR count). The SMILES string of the molecule is CCCCCCCC1=CC2CCCC(C1)N2C(=O)OCc1ccccc1. The van der Waals surface area contributed by atoms with Gasteiger partial charge in [0.2, 0.25) is 0 Å². The summed E-state index contributed by atoms with van der Waals surface area (Å²) in [5.74, 6) is 0. The summed E-state index contributed by atoms with van der Waals surface area (Å²) >= 11 is 0. The molecule has 1 aromatic rings. The van der Waals surface area contributed by atoms with Crippen LogP contribution in [0, 0.1) is 0 Å². The Morgan fingerprint density at radius 1 is 1.12 bits per heavy atom. The van der Waals surface area contributed by atoms with Gasteiger partial charge in [0.15, 0.2) is 0 Å². The molecule has 0 N–H and O–H groups in total. The van der Waals surface area contributed by atoms with Gasteiger partial charge in [0.25, 0.3) is 0 Å². The van der Waals surface area contributed by atoms with Gasteiger partial charge in [0.05, 0.1) is 6.04 Å². The molecule has 0 saturated carbocycles. The Kier molecular flexibility index (Phi) is 7.16. The van der Waals surface area contributed by atoms with Crippen LogP contribution in [0.5, 0.6) is 0 Å². The fraction of sp³-hybridized carbons (Fsp3) is 0.609. The molecule has 1 saturated heterocycles. The first-order chi connectivity index (χ1) is 12.8. The van der Waals surface area contributed by atoms with Gasteiger partial charge in [-0.05, 0) is 44.1 Å². The molecule has 0 aliphatic carbocycles. The highest BCUT2D eigenvalue weighted by atomic mass is 16.6. The molecule has 1 amide bonds. The molecule has 26 heavy (non-hydrogen) atoms. The number of rotatable bonds is 8. The molecule has 3 heteroatoms. The Balaban J connectivity index is 1.53. The van der Waals surface area contributed by atoms with Crippen molar-refractivity contribution in [1.29, 1.82) is 0 Å². The highest BCUT2D eigenvalue weighted by molar-refractivity contribution is 5.69. The largest absolute Gasteiger partial charge is 0.445 e. The molecule has 2 unspecified atom stereocenters. The molecule has 2 bridgehead atoms. The molecule has 0 spiro atoms. The van der Waals surface area contributed by atoms with E-state index in [-0.39, 0.29) is 12.1 Å². The monoisotopic (exact) mass is 355 g/mol. The van der Waals surface area contributed by atoms with Gasteiger partial charge in [-0.2, -0.15) is 0 Å². The van der Waals surface area contributed by atoms with Gasteiger partial charge < -0.3 is 4.74 Å². The van der Waals surface area contributed by atoms with Gasteiger partial charge in [-0.15, -0.1) is 0 Å². The smallest absolute Gasteiger partial charge is 0.410 e. The van der Waals surface area contributed by atoms with Crippen molar-refractivity contribution in [2.45, 2.75) is 89.8 Å². The van der Waals surface area contributed by atoms with E-state index in [1.54, 1.807) is 5.57 Å². The Labute approximate surface area is 158 Å². The number of unbranched alkanes of at least 4 members (excludes halogenated alkanes) is 4. The number of piperidine rings is 1. The summed E-state index contributed by atoms with van der Waals surface area (Å²) in [6.45, 7) is 2.62. The van der Waals surface area contributed by atoms with Gasteiger partial charge in [-0.1, -0.05) is 74.6 Å². The van der Waals surface area contributed by atoms with Crippen molar-refractivity contribution < 1.29 is 9.53 Å². The number of nitrogens with zero attached hydrogens (tertiary/aromatic N) is 1. The normalized spacial score (nSPS) is 22.0. The van der Waals surface area contributed by atoms with Crippen molar-refractivity contribution in [3.8, 4) is 0 Å². The van der Waals surface area contributed by atoms with E-state index in [4.69, 9.17) is 4.74 Å². The molecular weight excluding hydrogens is 322 g/mol. The lowest BCUT2D eigenvalue weighted by Gasteiger charge is -2.44. The number of benzene rings is 1. The van der Waals surface area contributed by atoms with Crippen LogP contribution in [-0.4, -0.2) is 23.1 Å². The summed E-state index contributed by atoms with van der Waals surface area (Å²) in [6, 6.07) is 10.5. The highest BCUT2D eigenvalue weighted by Crippen LogP contribution is 2.35. The number of hydrogen-bond donors (Lipinski definition) is 0. The number of hydrogen-bond acceptors (Lipinski definition) is 2. The molecule has 0 radical (unpaired) electrons. The highest BCUT2D eigenvalue weighted by Gasteiger charge is 2.37. The molecule has 2 heterocycles. The van der Waals surface area contributed by atoms with Crippen LogP contribution in [0.4, 0.5) is 4.79 Å². The minimum absolute atomic E-state index is 0.137. The van der Waals surface area contributed by atoms with Gasteiger partial charge in [-0.25, -0.2) is 4.79 Å². The average Bonchev–Trinajstić information content (AvgIpc) is 2.66. The molecule has 2 aliphatic rings. The molecular formula is C23H33NO2. The van der Waals surface area contributed by atoms with Crippen LogP contribution in [0.1, 0.15) is 76.7 Å². The van der Waals surface area contributed by atoms with Crippen molar-refractivity contribution in [2.75, 3.05) is 0 Å². The van der Waals surface area contributed by atoms with E-state index < -0.39 is 0 Å². The minimum atomic E-state index is -0.137. The Hall–Kier alpha value is -1.77. The third kappa shape index (κ3) is 5.12. The first-order valence-corrected chi connectivity index (χ1v) is 10.5. The van der Waals surface area contributed by atoms with Crippen LogP contribution >= 0.6 is 0 Å². The average molecular weight is 356 g/mol. The van der Waals surface area contributed by atoms with E-state index in [1.165, 1.54) is 44.9 Å². The maximum absolute atomic E-state index is 12.7. The van der Waals surface area contributed by atoms with Crippen LogP contribution in [0.15, 0.2) is 42.0 Å². The second-order valence-electron chi connectivity index (χ2n) is 7.79. The topological polar surface area (TPSA) is 29.5 Å². The fourth-order valence-corrected chi connectivity index (χ4v) is 4.34. The predicted molar refractivity (Wildman–Crippen MR) is 106 cm³/mol. The minimum Gasteiger partial charge on any atom is -0.445 e. The standard InChI is InChI=1S/C23H33NO2/c1-2-3-4-5-7-13-20-16-21-14-10-15-22(17-20)24(21)23(25)26-18-19-11-8-6-9-12-19/h6,8-9,11-12,16,21-22H,2-5,7,10,13-15,17-18H2,1H3. The van der Waals surface area contributed by atoms with Crippen molar-refractivity contribution in [2.24, 2.45) is 0 Å². The quantitative estimate of drug-likeness (QED) is 0.408. The van der Waals surface area contributed by atoms with Gasteiger partial charge >= 0.3 is 6.09 Å². The van der Waals surface area contributed by atoms with E-state index in [1.807, 2.05) is 35.2 Å². The predicted octanol–water partition coefficient (Wildman–Crippen LogP) is 6.24. The maximum Gasteiger partial charge on any atom is 0.410 e. The molecule has 1 fully saturated rings. The number of carbonyl (C=O) groups is 1. The maximum atomic E-state index is 12.7. The molecule has 0 aromatic heterocycles. The summed E-state index contributed by atoms with van der Waals surface area (Å²) in [6.07, 6.45) is 14.5. The third-order valence-electron chi connectivity index (χ3n) is 5.73. The van der Waals surface area contributed by atoms with Crippen molar-refractivity contribution in [1.82, 2.24) is 4.90 Å². The van der Waals surface area contributed by atoms with Crippen molar-refractivity contribution in [3.05, 3.63) is 47.5 Å². The van der Waals surface area contributed by atoms with E-state index >= 15 is 0 Å². The summed E-state index contributed by atoms with van der Waals surface area (Å²) in [5.41, 5.74) is 2.62. The first kappa shape index (κ1) is 19.0. The number of amides is 1. The first-order valence-electron chi connectivity index (χ1n) is 10.5. The zero-order valence-electron chi connectivity index (χ0n) is 16.2.